The lowest BCUT2D eigenvalue weighted by Crippen LogP contribution is -2.32. The van der Waals surface area contributed by atoms with E-state index in [1.807, 2.05) is 0 Å². The van der Waals surface area contributed by atoms with Crippen LogP contribution in [0.2, 0.25) is 0 Å². The molecule has 0 bridgehead atoms. The first-order valence-electron chi connectivity index (χ1n) is 4.40. The first-order chi connectivity index (χ1) is 5.46. The monoisotopic (exact) mass is 191 g/mol. The van der Waals surface area contributed by atoms with Gasteiger partial charge in [0, 0.05) is 0 Å². The van der Waals surface area contributed by atoms with Crippen molar-refractivity contribution in [1.82, 2.24) is 0 Å². The van der Waals surface area contributed by atoms with Gasteiger partial charge in [-0.1, -0.05) is 0 Å². The van der Waals surface area contributed by atoms with Crippen LogP contribution in [0.4, 0.5) is 0 Å². The molecule has 0 spiro atoms. The van der Waals surface area contributed by atoms with Crippen molar-refractivity contribution in [2.75, 3.05) is 6.54 Å². The van der Waals surface area contributed by atoms with Crippen LogP contribution in [-0.2, 0) is 9.84 Å². The van der Waals surface area contributed by atoms with Crippen LogP contribution in [-0.4, -0.2) is 25.0 Å². The highest BCUT2D eigenvalue weighted by Crippen LogP contribution is 2.47. The largest absolute Gasteiger partial charge is 0.330 e. The molecule has 4 heteroatoms. The maximum absolute atomic E-state index is 11.7. The zero-order valence-corrected chi connectivity index (χ0v) is 8.52. The summed E-state index contributed by atoms with van der Waals surface area (Å²) in [6.45, 7) is 3.96. The van der Waals surface area contributed by atoms with E-state index >= 15 is 0 Å². The third-order valence-electron chi connectivity index (χ3n) is 2.63. The lowest BCUT2D eigenvalue weighted by Gasteiger charge is -2.17. The minimum Gasteiger partial charge on any atom is -0.330 e. The van der Waals surface area contributed by atoms with Crippen LogP contribution in [0, 0.1) is 0 Å². The molecule has 2 N–H and O–H groups in total. The molecule has 1 fully saturated rings. The molecule has 72 valence electrons. The second kappa shape index (κ2) is 3.00. The number of rotatable bonds is 4. The van der Waals surface area contributed by atoms with Gasteiger partial charge in [-0.15, -0.1) is 0 Å². The molecule has 0 aliphatic heterocycles. The third-order valence-corrected chi connectivity index (χ3v) is 5.69. The van der Waals surface area contributed by atoms with Crippen molar-refractivity contribution in [2.45, 2.75) is 43.1 Å². The zero-order chi connectivity index (χ0) is 9.41. The zero-order valence-electron chi connectivity index (χ0n) is 7.71. The van der Waals surface area contributed by atoms with E-state index < -0.39 is 14.6 Å². The standard InChI is InChI=1S/C8H17NO2S/c1-7(2)12(10,11)8(3-4-8)5-6-9/h7H,3-6,9H2,1-2H3. The number of sulfone groups is 1. The minimum absolute atomic E-state index is 0.258. The highest BCUT2D eigenvalue weighted by Gasteiger charge is 2.54. The summed E-state index contributed by atoms with van der Waals surface area (Å²) in [5.74, 6) is 0. The summed E-state index contributed by atoms with van der Waals surface area (Å²) in [7, 11) is -2.91. The quantitative estimate of drug-likeness (QED) is 0.711. The molecule has 1 rings (SSSR count). The summed E-state index contributed by atoms with van der Waals surface area (Å²) in [5, 5.41) is -0.258. The van der Waals surface area contributed by atoms with Gasteiger partial charge in [-0.3, -0.25) is 0 Å². The highest BCUT2D eigenvalue weighted by atomic mass is 32.2. The van der Waals surface area contributed by atoms with Crippen molar-refractivity contribution >= 4 is 9.84 Å². The summed E-state index contributed by atoms with van der Waals surface area (Å²) >= 11 is 0. The Kier molecular flexibility index (Phi) is 2.50. The number of nitrogens with two attached hydrogens (primary N) is 1. The molecule has 0 atom stereocenters. The fourth-order valence-corrected chi connectivity index (χ4v) is 3.65. The van der Waals surface area contributed by atoms with E-state index in [2.05, 4.69) is 0 Å². The van der Waals surface area contributed by atoms with Gasteiger partial charge < -0.3 is 5.73 Å². The molecular weight excluding hydrogens is 174 g/mol. The molecule has 1 aliphatic carbocycles. The van der Waals surface area contributed by atoms with E-state index in [1.165, 1.54) is 0 Å². The van der Waals surface area contributed by atoms with Crippen molar-refractivity contribution in [3.8, 4) is 0 Å². The van der Waals surface area contributed by atoms with Crippen LogP contribution < -0.4 is 5.73 Å². The Morgan fingerprint density at radius 2 is 1.92 bits per heavy atom. The molecule has 0 saturated heterocycles. The number of hydrogen-bond acceptors (Lipinski definition) is 3. The molecule has 0 radical (unpaired) electrons. The third kappa shape index (κ3) is 1.38. The second-order valence-corrected chi connectivity index (χ2v) is 6.71. The van der Waals surface area contributed by atoms with Gasteiger partial charge >= 0.3 is 0 Å². The fourth-order valence-electron chi connectivity index (χ4n) is 1.58. The molecule has 0 aromatic carbocycles. The van der Waals surface area contributed by atoms with Gasteiger partial charge in [0.15, 0.2) is 9.84 Å². The SMILES string of the molecule is CC(C)S(=O)(=O)C1(CCN)CC1. The van der Waals surface area contributed by atoms with Crippen molar-refractivity contribution in [3.63, 3.8) is 0 Å². The van der Waals surface area contributed by atoms with E-state index in [9.17, 15) is 8.42 Å². The Morgan fingerprint density at radius 3 is 2.17 bits per heavy atom. The van der Waals surface area contributed by atoms with E-state index in [0.29, 0.717) is 13.0 Å². The highest BCUT2D eigenvalue weighted by molar-refractivity contribution is 7.93. The molecule has 0 heterocycles. The topological polar surface area (TPSA) is 60.2 Å². The summed E-state index contributed by atoms with van der Waals surface area (Å²) in [6, 6.07) is 0. The predicted molar refractivity (Wildman–Crippen MR) is 49.7 cm³/mol. The molecule has 0 unspecified atom stereocenters. The van der Waals surface area contributed by atoms with Crippen LogP contribution in [0.5, 0.6) is 0 Å². The summed E-state index contributed by atoms with van der Waals surface area (Å²) in [6.07, 6.45) is 2.25. The van der Waals surface area contributed by atoms with Crippen molar-refractivity contribution in [1.29, 1.82) is 0 Å². The molecular formula is C8H17NO2S. The molecule has 1 aliphatic rings. The van der Waals surface area contributed by atoms with Gasteiger partial charge in [-0.25, -0.2) is 8.42 Å². The number of hydrogen-bond donors (Lipinski definition) is 1. The Bertz CT molecular complexity index is 252. The van der Waals surface area contributed by atoms with Crippen molar-refractivity contribution in [2.24, 2.45) is 5.73 Å². The van der Waals surface area contributed by atoms with E-state index in [1.54, 1.807) is 13.8 Å². The Balaban J connectivity index is 2.82. The first-order valence-corrected chi connectivity index (χ1v) is 5.94. The van der Waals surface area contributed by atoms with Gasteiger partial charge in [0.25, 0.3) is 0 Å². The lowest BCUT2D eigenvalue weighted by atomic mass is 10.3. The minimum atomic E-state index is -2.91. The lowest BCUT2D eigenvalue weighted by molar-refractivity contribution is 0.560. The Hall–Kier alpha value is -0.0900. The normalized spacial score (nSPS) is 21.3. The van der Waals surface area contributed by atoms with Crippen LogP contribution in [0.3, 0.4) is 0 Å². The van der Waals surface area contributed by atoms with Crippen LogP contribution in [0.1, 0.15) is 33.1 Å². The molecule has 3 nitrogen and oxygen atoms in total. The Morgan fingerprint density at radius 1 is 1.42 bits per heavy atom. The molecule has 0 aromatic rings. The van der Waals surface area contributed by atoms with Crippen molar-refractivity contribution < 1.29 is 8.42 Å². The summed E-state index contributed by atoms with van der Waals surface area (Å²) in [4.78, 5) is 0. The second-order valence-electron chi connectivity index (χ2n) is 3.82. The van der Waals surface area contributed by atoms with Gasteiger partial charge in [0.2, 0.25) is 0 Å². The maximum atomic E-state index is 11.7. The van der Waals surface area contributed by atoms with Crippen LogP contribution in [0.15, 0.2) is 0 Å². The van der Waals surface area contributed by atoms with Gasteiger partial charge in [0.05, 0.1) is 10.00 Å². The summed E-state index contributed by atoms with van der Waals surface area (Å²) in [5.41, 5.74) is 5.39. The first kappa shape index (κ1) is 9.99. The fraction of sp³-hybridized carbons (Fsp3) is 1.00. The molecule has 0 amide bonds. The average molecular weight is 191 g/mol. The van der Waals surface area contributed by atoms with Gasteiger partial charge in [-0.2, -0.15) is 0 Å². The van der Waals surface area contributed by atoms with E-state index in [4.69, 9.17) is 5.73 Å². The smallest absolute Gasteiger partial charge is 0.158 e. The molecule has 0 aromatic heterocycles. The summed E-state index contributed by atoms with van der Waals surface area (Å²) < 4.78 is 23.1. The van der Waals surface area contributed by atoms with Crippen LogP contribution in [0.25, 0.3) is 0 Å². The molecule has 12 heavy (non-hydrogen) atoms. The maximum Gasteiger partial charge on any atom is 0.158 e. The van der Waals surface area contributed by atoms with E-state index in [-0.39, 0.29) is 5.25 Å². The van der Waals surface area contributed by atoms with Crippen molar-refractivity contribution in [3.05, 3.63) is 0 Å². The predicted octanol–water partition coefficient (Wildman–Crippen LogP) is 0.691. The van der Waals surface area contributed by atoms with E-state index in [0.717, 1.165) is 12.8 Å². The van der Waals surface area contributed by atoms with Gasteiger partial charge in [0.1, 0.15) is 0 Å². The Labute approximate surface area is 74.3 Å². The molecule has 1 saturated carbocycles. The average Bonchev–Trinajstić information content (AvgIpc) is 2.70. The van der Waals surface area contributed by atoms with Crippen LogP contribution >= 0.6 is 0 Å². The van der Waals surface area contributed by atoms with Gasteiger partial charge in [-0.05, 0) is 39.7 Å².